The van der Waals surface area contributed by atoms with Crippen molar-refractivity contribution in [3.05, 3.63) is 53.1 Å². The van der Waals surface area contributed by atoms with Gasteiger partial charge < -0.3 is 4.74 Å². The molecule has 8 nitrogen and oxygen atoms in total. The van der Waals surface area contributed by atoms with Crippen molar-refractivity contribution in [1.82, 2.24) is 5.32 Å². The molecule has 1 fully saturated rings. The van der Waals surface area contributed by atoms with Crippen LogP contribution in [0.25, 0.3) is 11.9 Å². The number of carbonyl (C=O) groups excluding carboxylic acids is 2. The van der Waals surface area contributed by atoms with Crippen molar-refractivity contribution in [3.63, 3.8) is 0 Å². The van der Waals surface area contributed by atoms with E-state index in [9.17, 15) is 18.0 Å². The van der Waals surface area contributed by atoms with Gasteiger partial charge in [0.2, 0.25) is 15.9 Å². The number of nitrogens with one attached hydrogen (secondary N) is 2. The number of rotatable bonds is 6. The molecule has 1 aliphatic heterocycles. The molecule has 2 aromatic rings. The molecule has 1 aliphatic rings. The number of urea groups is 1. The lowest BCUT2D eigenvalue weighted by molar-refractivity contribution is -0.120. The molecule has 0 aromatic heterocycles. The largest absolute Gasteiger partial charge is 0.496 e. The lowest BCUT2D eigenvalue weighted by atomic mass is 9.84. The van der Waals surface area contributed by atoms with Crippen LogP contribution < -0.4 is 19.7 Å². The monoisotopic (exact) mass is 489 g/mol. The van der Waals surface area contributed by atoms with Crippen LogP contribution in [0.4, 0.5) is 20.6 Å². The first-order valence-electron chi connectivity index (χ1n) is 10.6. The third-order valence-electron chi connectivity index (χ3n) is 5.23. The van der Waals surface area contributed by atoms with Gasteiger partial charge in [0.15, 0.2) is 0 Å². The zero-order chi connectivity index (χ0) is 25.3. The number of amides is 3. The summed E-state index contributed by atoms with van der Waals surface area (Å²) >= 11 is 0. The van der Waals surface area contributed by atoms with Crippen LogP contribution in [-0.4, -0.2) is 40.3 Å². The molecule has 0 atom stereocenters. The van der Waals surface area contributed by atoms with E-state index in [0.717, 1.165) is 11.8 Å². The predicted octanol–water partition coefficient (Wildman–Crippen LogP) is 4.28. The molecule has 0 bridgehead atoms. The van der Waals surface area contributed by atoms with E-state index in [0.29, 0.717) is 22.7 Å². The Labute approximate surface area is 198 Å². The van der Waals surface area contributed by atoms with Crippen molar-refractivity contribution in [2.45, 2.75) is 32.6 Å². The number of imide groups is 1. The number of hydrogen-bond donors (Lipinski definition) is 2. The zero-order valence-electron chi connectivity index (χ0n) is 19.7. The smallest absolute Gasteiger partial charge is 0.328 e. The zero-order valence-corrected chi connectivity index (χ0v) is 20.5. The molecule has 10 heteroatoms. The Hall–Kier alpha value is -3.40. The van der Waals surface area contributed by atoms with Gasteiger partial charge in [-0.3, -0.25) is 19.7 Å². The molecule has 0 unspecified atom stereocenters. The van der Waals surface area contributed by atoms with Gasteiger partial charge in [0.1, 0.15) is 11.6 Å². The highest BCUT2D eigenvalue weighted by Gasteiger charge is 2.28. The first kappa shape index (κ1) is 25.2. The summed E-state index contributed by atoms with van der Waals surface area (Å²) in [5, 5.41) is 2.30. The number of nitrogens with zero attached hydrogens (tertiary/aromatic N) is 1. The summed E-state index contributed by atoms with van der Waals surface area (Å²) in [5.41, 5.74) is 1.88. The summed E-state index contributed by atoms with van der Waals surface area (Å²) in [6.07, 6.45) is 2.51. The van der Waals surface area contributed by atoms with Crippen molar-refractivity contribution >= 4 is 45.2 Å². The molecule has 3 amide bonds. The first-order chi connectivity index (χ1) is 15.8. The number of hydrogen-bond acceptors (Lipinski definition) is 5. The molecule has 2 aromatic carbocycles. The maximum atomic E-state index is 15.3. The van der Waals surface area contributed by atoms with Gasteiger partial charge in [-0.2, -0.15) is 0 Å². The number of ether oxygens (including phenoxy) is 1. The number of anilines is 2. The minimum absolute atomic E-state index is 0.163. The Morgan fingerprint density at radius 3 is 2.35 bits per heavy atom. The predicted molar refractivity (Wildman–Crippen MR) is 131 cm³/mol. The van der Waals surface area contributed by atoms with E-state index in [2.05, 4.69) is 10.0 Å². The quantitative estimate of drug-likeness (QED) is 0.590. The summed E-state index contributed by atoms with van der Waals surface area (Å²) in [4.78, 5) is 25.4. The second kappa shape index (κ2) is 9.46. The first-order valence-corrected chi connectivity index (χ1v) is 12.5. The van der Waals surface area contributed by atoms with Crippen LogP contribution >= 0.6 is 0 Å². The summed E-state index contributed by atoms with van der Waals surface area (Å²) in [5.74, 6) is -0.444. The number of benzene rings is 2. The molecule has 0 spiro atoms. The topological polar surface area (TPSA) is 105 Å². The van der Waals surface area contributed by atoms with Gasteiger partial charge in [-0.05, 0) is 47.9 Å². The van der Waals surface area contributed by atoms with E-state index in [1.807, 2.05) is 26.8 Å². The van der Waals surface area contributed by atoms with E-state index < -0.39 is 21.9 Å². The SMILES string of the molecule is COc1c(C=C(F)c2ccc(NS(C)(=O)=O)cc2)cc(N2CCC(=O)NC2=O)cc1C(C)(C)C. The third kappa shape index (κ3) is 5.93. The fraction of sp³-hybridized carbons (Fsp3) is 0.333. The van der Waals surface area contributed by atoms with Gasteiger partial charge in [-0.1, -0.05) is 20.8 Å². The number of halogens is 1. The second-order valence-corrected chi connectivity index (χ2v) is 10.8. The molecule has 34 heavy (non-hydrogen) atoms. The Morgan fingerprint density at radius 1 is 1.18 bits per heavy atom. The Bertz CT molecular complexity index is 1250. The van der Waals surface area contributed by atoms with Gasteiger partial charge in [0.05, 0.1) is 13.4 Å². The van der Waals surface area contributed by atoms with Crippen LogP contribution in [0.15, 0.2) is 36.4 Å². The van der Waals surface area contributed by atoms with Crippen molar-refractivity contribution in [2.24, 2.45) is 0 Å². The van der Waals surface area contributed by atoms with Crippen LogP contribution in [-0.2, 0) is 20.2 Å². The average molecular weight is 490 g/mol. The van der Waals surface area contributed by atoms with Crippen LogP contribution in [0.2, 0.25) is 0 Å². The van der Waals surface area contributed by atoms with Crippen LogP contribution in [0.1, 0.15) is 43.9 Å². The molecule has 2 N–H and O–H groups in total. The van der Waals surface area contributed by atoms with Crippen molar-refractivity contribution in [2.75, 3.05) is 29.5 Å². The molecule has 0 radical (unpaired) electrons. The summed E-state index contributed by atoms with van der Waals surface area (Å²) in [6.45, 7) is 6.14. The average Bonchev–Trinajstić information content (AvgIpc) is 2.72. The van der Waals surface area contributed by atoms with E-state index in [-0.39, 0.29) is 29.9 Å². The lowest BCUT2D eigenvalue weighted by Crippen LogP contribution is -2.49. The molecule has 0 saturated carbocycles. The molecule has 1 saturated heterocycles. The summed E-state index contributed by atoms with van der Waals surface area (Å²) in [6, 6.07) is 8.78. The lowest BCUT2D eigenvalue weighted by Gasteiger charge is -2.30. The van der Waals surface area contributed by atoms with E-state index in [1.54, 1.807) is 6.07 Å². The highest BCUT2D eigenvalue weighted by molar-refractivity contribution is 7.92. The standard InChI is InChI=1S/C24H28FN3O5S/c1-24(2,3)19-14-18(28-11-10-21(29)26-23(28)30)12-16(22(19)33-4)13-20(25)15-6-8-17(9-7-15)27-34(5,31)32/h6-9,12-14,27H,10-11H2,1-5H3,(H,26,29,30). The molecule has 1 heterocycles. The van der Waals surface area contributed by atoms with E-state index in [1.165, 1.54) is 42.4 Å². The van der Waals surface area contributed by atoms with E-state index >= 15 is 4.39 Å². The van der Waals surface area contributed by atoms with E-state index in [4.69, 9.17) is 4.74 Å². The summed E-state index contributed by atoms with van der Waals surface area (Å²) in [7, 11) is -1.95. The van der Waals surface area contributed by atoms with Gasteiger partial charge in [-0.15, -0.1) is 0 Å². The maximum Gasteiger partial charge on any atom is 0.328 e. The van der Waals surface area contributed by atoms with Gasteiger partial charge in [0, 0.05) is 41.0 Å². The molecule has 3 rings (SSSR count). The molecule has 182 valence electrons. The second-order valence-electron chi connectivity index (χ2n) is 9.06. The molecular formula is C24H28FN3O5S. The van der Waals surface area contributed by atoms with Crippen LogP contribution in [0, 0.1) is 0 Å². The number of methoxy groups -OCH3 is 1. The van der Waals surface area contributed by atoms with Gasteiger partial charge in [0.25, 0.3) is 0 Å². The van der Waals surface area contributed by atoms with Crippen LogP contribution in [0.3, 0.4) is 0 Å². The van der Waals surface area contributed by atoms with Crippen molar-refractivity contribution in [3.8, 4) is 5.75 Å². The summed E-state index contributed by atoms with van der Waals surface area (Å²) < 4.78 is 46.0. The van der Waals surface area contributed by atoms with Gasteiger partial charge >= 0.3 is 6.03 Å². The maximum absolute atomic E-state index is 15.3. The fourth-order valence-electron chi connectivity index (χ4n) is 3.63. The minimum Gasteiger partial charge on any atom is -0.496 e. The Morgan fingerprint density at radius 2 is 1.82 bits per heavy atom. The Kier molecular flexibility index (Phi) is 7.02. The molecular weight excluding hydrogens is 461 g/mol. The van der Waals surface area contributed by atoms with Crippen LogP contribution in [0.5, 0.6) is 5.75 Å². The number of carbonyl (C=O) groups is 2. The number of sulfonamides is 1. The fourth-order valence-corrected chi connectivity index (χ4v) is 4.19. The third-order valence-corrected chi connectivity index (χ3v) is 5.83. The highest BCUT2D eigenvalue weighted by Crippen LogP contribution is 2.40. The Balaban J connectivity index is 2.07. The van der Waals surface area contributed by atoms with Crippen molar-refractivity contribution in [1.29, 1.82) is 0 Å². The van der Waals surface area contributed by atoms with Gasteiger partial charge in [-0.25, -0.2) is 17.6 Å². The highest BCUT2D eigenvalue weighted by atomic mass is 32.2. The normalized spacial score (nSPS) is 15.2. The minimum atomic E-state index is -3.44. The molecule has 0 aliphatic carbocycles. The van der Waals surface area contributed by atoms with Crippen molar-refractivity contribution < 1.29 is 27.1 Å².